The third-order valence-corrected chi connectivity index (χ3v) is 6.19. The molecule has 0 spiro atoms. The number of ether oxygens (including phenoxy) is 1. The van der Waals surface area contributed by atoms with Crippen LogP contribution in [0, 0.1) is 0 Å². The Kier molecular flexibility index (Phi) is 6.44. The Morgan fingerprint density at radius 2 is 1.82 bits per heavy atom. The van der Waals surface area contributed by atoms with Crippen LogP contribution in [0.4, 0.5) is 23.0 Å². The van der Waals surface area contributed by atoms with Crippen molar-refractivity contribution in [3.05, 3.63) is 82.8 Å². The first kappa shape index (κ1) is 22.0. The number of para-hydroxylation sites is 2. The maximum atomic E-state index is 12.7. The molecule has 174 valence electrons. The average Bonchev–Trinajstić information content (AvgIpc) is 2.86. The minimum atomic E-state index is -0.180. The van der Waals surface area contributed by atoms with Crippen molar-refractivity contribution in [2.75, 3.05) is 30.3 Å². The predicted molar refractivity (Wildman–Crippen MR) is 138 cm³/mol. The minimum absolute atomic E-state index is 0.180. The van der Waals surface area contributed by atoms with E-state index in [1.165, 1.54) is 5.56 Å². The number of fused-ring (bicyclic) bond motifs is 1. The van der Waals surface area contributed by atoms with E-state index in [2.05, 4.69) is 45.2 Å². The highest BCUT2D eigenvalue weighted by molar-refractivity contribution is 5.94. The first-order valence-corrected chi connectivity index (χ1v) is 11.8. The van der Waals surface area contributed by atoms with Crippen molar-refractivity contribution in [2.24, 2.45) is 0 Å². The summed E-state index contributed by atoms with van der Waals surface area (Å²) in [7, 11) is 0. The van der Waals surface area contributed by atoms with Gasteiger partial charge in [0.05, 0.1) is 17.7 Å². The van der Waals surface area contributed by atoms with Gasteiger partial charge in [0.25, 0.3) is 5.56 Å². The number of H-pyrrole nitrogens is 1. The number of piperidine rings is 1. The van der Waals surface area contributed by atoms with E-state index >= 15 is 0 Å². The number of pyridine rings is 2. The Bertz CT molecular complexity index is 1330. The fourth-order valence-electron chi connectivity index (χ4n) is 4.49. The van der Waals surface area contributed by atoms with Crippen molar-refractivity contribution < 1.29 is 4.74 Å². The highest BCUT2D eigenvalue weighted by Gasteiger charge is 2.16. The number of hydrogen-bond donors (Lipinski definition) is 4. The summed E-state index contributed by atoms with van der Waals surface area (Å²) in [6, 6.07) is 20.0. The van der Waals surface area contributed by atoms with Crippen LogP contribution in [0.2, 0.25) is 0 Å². The molecular weight excluding hydrogens is 426 g/mol. The molecule has 5 rings (SSSR count). The predicted octanol–water partition coefficient (Wildman–Crippen LogP) is 5.28. The molecule has 0 atom stereocenters. The van der Waals surface area contributed by atoms with Gasteiger partial charge in [-0.3, -0.25) is 4.79 Å². The lowest BCUT2D eigenvalue weighted by Gasteiger charge is -2.23. The molecule has 2 aromatic heterocycles. The smallest absolute Gasteiger partial charge is 0.259 e. The topological polar surface area (TPSA) is 91.1 Å². The van der Waals surface area contributed by atoms with E-state index in [4.69, 9.17) is 9.72 Å². The summed E-state index contributed by atoms with van der Waals surface area (Å²) in [4.78, 5) is 20.2. The van der Waals surface area contributed by atoms with E-state index < -0.39 is 0 Å². The molecule has 1 aliphatic rings. The zero-order valence-electron chi connectivity index (χ0n) is 19.2. The monoisotopic (exact) mass is 455 g/mol. The lowest BCUT2D eigenvalue weighted by Crippen LogP contribution is -2.26. The van der Waals surface area contributed by atoms with Crippen LogP contribution in [0.15, 0.2) is 71.7 Å². The molecule has 0 aliphatic carbocycles. The second-order valence-corrected chi connectivity index (χ2v) is 8.45. The van der Waals surface area contributed by atoms with E-state index in [-0.39, 0.29) is 5.56 Å². The van der Waals surface area contributed by atoms with E-state index in [0.29, 0.717) is 29.5 Å². The maximum Gasteiger partial charge on any atom is 0.259 e. The van der Waals surface area contributed by atoms with Gasteiger partial charge in [-0.05, 0) is 86.1 Å². The lowest BCUT2D eigenvalue weighted by molar-refractivity contribution is 0.342. The van der Waals surface area contributed by atoms with Gasteiger partial charge in [0.1, 0.15) is 17.4 Å². The fourth-order valence-corrected chi connectivity index (χ4v) is 4.49. The number of benzene rings is 2. The van der Waals surface area contributed by atoms with Crippen LogP contribution in [0.3, 0.4) is 0 Å². The Labute approximate surface area is 198 Å². The molecule has 0 radical (unpaired) electrons. The standard InChI is InChI=1S/C27H29N5O2/c1-2-34-23-6-4-3-5-22(23)31-24-17-20-13-16-29-27(33)25(20)26(32-24)30-21-9-7-18(8-10-21)19-11-14-28-15-12-19/h3-10,13,16-17,19,28H,2,11-12,14-15H2,1H3,(H,29,33)(H2,30,31,32). The normalized spacial score (nSPS) is 14.1. The van der Waals surface area contributed by atoms with Crippen molar-refractivity contribution in [3.63, 3.8) is 0 Å². The van der Waals surface area contributed by atoms with E-state index in [1.807, 2.05) is 43.3 Å². The third kappa shape index (κ3) is 4.75. The number of anilines is 4. The summed E-state index contributed by atoms with van der Waals surface area (Å²) >= 11 is 0. The van der Waals surface area contributed by atoms with Crippen molar-refractivity contribution in [1.82, 2.24) is 15.3 Å². The van der Waals surface area contributed by atoms with Gasteiger partial charge in [-0.15, -0.1) is 0 Å². The van der Waals surface area contributed by atoms with Crippen molar-refractivity contribution in [1.29, 1.82) is 0 Å². The molecule has 0 amide bonds. The van der Waals surface area contributed by atoms with Gasteiger partial charge >= 0.3 is 0 Å². The minimum Gasteiger partial charge on any atom is -0.492 e. The Morgan fingerprint density at radius 3 is 2.62 bits per heavy atom. The Hall–Kier alpha value is -3.84. The molecule has 0 unspecified atom stereocenters. The molecule has 4 N–H and O–H groups in total. The molecule has 7 heteroatoms. The van der Waals surface area contributed by atoms with E-state index in [9.17, 15) is 4.79 Å². The molecule has 3 heterocycles. The quantitative estimate of drug-likeness (QED) is 0.303. The number of nitrogens with zero attached hydrogens (tertiary/aromatic N) is 1. The molecule has 4 aromatic rings. The molecular formula is C27H29N5O2. The summed E-state index contributed by atoms with van der Waals surface area (Å²) in [6.07, 6.45) is 3.97. The summed E-state index contributed by atoms with van der Waals surface area (Å²) in [5.41, 5.74) is 2.88. The first-order valence-electron chi connectivity index (χ1n) is 11.8. The number of rotatable bonds is 7. The van der Waals surface area contributed by atoms with Crippen molar-refractivity contribution in [3.8, 4) is 5.75 Å². The average molecular weight is 456 g/mol. The maximum absolute atomic E-state index is 12.7. The zero-order valence-corrected chi connectivity index (χ0v) is 19.2. The molecule has 2 aromatic carbocycles. The van der Waals surface area contributed by atoms with Gasteiger partial charge < -0.3 is 25.7 Å². The number of nitrogens with one attached hydrogen (secondary N) is 4. The van der Waals surface area contributed by atoms with Gasteiger partial charge in [-0.1, -0.05) is 24.3 Å². The lowest BCUT2D eigenvalue weighted by atomic mass is 9.90. The third-order valence-electron chi connectivity index (χ3n) is 6.19. The second kappa shape index (κ2) is 9.97. The first-order chi connectivity index (χ1) is 16.7. The van der Waals surface area contributed by atoms with Gasteiger partial charge in [0.15, 0.2) is 0 Å². The molecule has 34 heavy (non-hydrogen) atoms. The van der Waals surface area contributed by atoms with Crippen molar-refractivity contribution in [2.45, 2.75) is 25.7 Å². The largest absolute Gasteiger partial charge is 0.492 e. The summed E-state index contributed by atoms with van der Waals surface area (Å²) in [5, 5.41) is 11.5. The van der Waals surface area contributed by atoms with Crippen LogP contribution in [0.1, 0.15) is 31.2 Å². The van der Waals surface area contributed by atoms with Crippen LogP contribution in [-0.4, -0.2) is 29.7 Å². The van der Waals surface area contributed by atoms with E-state index in [1.54, 1.807) is 6.20 Å². The van der Waals surface area contributed by atoms with Gasteiger partial charge in [0.2, 0.25) is 0 Å². The molecule has 0 saturated carbocycles. The Morgan fingerprint density at radius 1 is 1.03 bits per heavy atom. The SMILES string of the molecule is CCOc1ccccc1Nc1cc2cc[nH]c(=O)c2c(Nc2ccc(C3CCNCC3)cc2)n1. The van der Waals surface area contributed by atoms with E-state index in [0.717, 1.165) is 48.4 Å². The van der Waals surface area contributed by atoms with Crippen LogP contribution in [0.25, 0.3) is 10.8 Å². The number of aromatic nitrogens is 2. The molecule has 1 saturated heterocycles. The Balaban J connectivity index is 1.47. The fraction of sp³-hybridized carbons (Fsp3) is 0.259. The van der Waals surface area contributed by atoms with Gasteiger partial charge in [0, 0.05) is 11.9 Å². The van der Waals surface area contributed by atoms with Gasteiger partial charge in [-0.25, -0.2) is 4.98 Å². The summed E-state index contributed by atoms with van der Waals surface area (Å²) < 4.78 is 5.74. The molecule has 0 bridgehead atoms. The van der Waals surface area contributed by atoms with Crippen LogP contribution in [-0.2, 0) is 0 Å². The highest BCUT2D eigenvalue weighted by Crippen LogP contribution is 2.31. The molecule has 1 fully saturated rings. The van der Waals surface area contributed by atoms with Gasteiger partial charge in [-0.2, -0.15) is 0 Å². The number of hydrogen-bond acceptors (Lipinski definition) is 6. The highest BCUT2D eigenvalue weighted by atomic mass is 16.5. The summed E-state index contributed by atoms with van der Waals surface area (Å²) in [6.45, 7) is 4.65. The second-order valence-electron chi connectivity index (χ2n) is 8.45. The zero-order chi connectivity index (χ0) is 23.3. The van der Waals surface area contributed by atoms with Crippen LogP contribution < -0.4 is 26.2 Å². The van der Waals surface area contributed by atoms with Crippen molar-refractivity contribution >= 4 is 33.8 Å². The number of aromatic amines is 1. The molecule has 1 aliphatic heterocycles. The summed E-state index contributed by atoms with van der Waals surface area (Å²) in [5.74, 6) is 2.47. The molecule has 7 nitrogen and oxygen atoms in total. The van der Waals surface area contributed by atoms with Crippen LogP contribution >= 0.6 is 0 Å². The van der Waals surface area contributed by atoms with Crippen LogP contribution in [0.5, 0.6) is 5.75 Å².